The van der Waals surface area contributed by atoms with E-state index in [9.17, 15) is 0 Å². The Morgan fingerprint density at radius 3 is 1.67 bits per heavy atom. The molecule has 6 nitrogen and oxygen atoms in total. The lowest BCUT2D eigenvalue weighted by atomic mass is 10.0. The third kappa shape index (κ3) is 5.61. The van der Waals surface area contributed by atoms with Crippen LogP contribution in [-0.2, 0) is 0 Å². The van der Waals surface area contributed by atoms with Crippen LogP contribution in [0.4, 0.5) is 4.39 Å². The van der Waals surface area contributed by atoms with Gasteiger partial charge in [0, 0.05) is 54.7 Å². The summed E-state index contributed by atoms with van der Waals surface area (Å²) in [6, 6.07) is 69.4. The molecule has 0 N–H and O–H groups in total. The van der Waals surface area contributed by atoms with Gasteiger partial charge in [-0.25, -0.2) is 9.37 Å². The van der Waals surface area contributed by atoms with Crippen molar-refractivity contribution < 1.29 is 8.81 Å². The van der Waals surface area contributed by atoms with Crippen molar-refractivity contribution in [2.45, 2.75) is 0 Å². The third-order valence-corrected chi connectivity index (χ3v) is 12.4. The van der Waals surface area contributed by atoms with Gasteiger partial charge in [0.2, 0.25) is 5.95 Å². The Kier molecular flexibility index (Phi) is 7.99. The van der Waals surface area contributed by atoms with Gasteiger partial charge in [0.15, 0.2) is 11.6 Å². The minimum absolute atomic E-state index is 0.311. The van der Waals surface area contributed by atoms with E-state index in [4.69, 9.17) is 19.4 Å². The lowest BCUT2D eigenvalue weighted by Crippen LogP contribution is -2.07. The van der Waals surface area contributed by atoms with Crippen LogP contribution in [0.25, 0.3) is 122 Å². The Balaban J connectivity index is 1.16. The monoisotopic (exact) mass is 823 g/mol. The number of fused-ring (bicyclic) bond motifs is 10. The molecule has 0 fully saturated rings. The molecule has 4 heterocycles. The smallest absolute Gasteiger partial charge is 0.238 e. The van der Waals surface area contributed by atoms with Gasteiger partial charge in [-0.05, 0) is 65.2 Å². The standard InChI is InChI=1S/C57H34FN5O/c58-40-22-14-20-38(32-40)47-33-41(34-48-44-25-9-12-28-51(44)64-54(47)48)62-49-26-10-7-23-42(49)45-29-30-46-43-24-8-11-27-50(43)63(53(46)52(45)62)57-60-55(36-17-5-2-6-18-36)59-56(61-57)39-21-13-19-37(31-39)35-15-3-1-4-16-35/h1-34H. The zero-order chi connectivity index (χ0) is 42.3. The second-order valence-electron chi connectivity index (χ2n) is 16.1. The molecule has 0 atom stereocenters. The third-order valence-electron chi connectivity index (χ3n) is 12.4. The normalized spacial score (nSPS) is 11.8. The predicted octanol–water partition coefficient (Wildman–Crippen LogP) is 14.8. The molecule has 0 aliphatic heterocycles. The fourth-order valence-corrected chi connectivity index (χ4v) is 9.57. The number of benzene rings is 9. The minimum atomic E-state index is -0.311. The van der Waals surface area contributed by atoms with Crippen molar-refractivity contribution in [2.24, 2.45) is 0 Å². The molecule has 0 aliphatic rings. The highest BCUT2D eigenvalue weighted by Gasteiger charge is 2.25. The van der Waals surface area contributed by atoms with E-state index in [1.807, 2.05) is 60.7 Å². The number of para-hydroxylation sites is 3. The Morgan fingerprint density at radius 2 is 0.938 bits per heavy atom. The maximum Gasteiger partial charge on any atom is 0.238 e. The average Bonchev–Trinajstić information content (AvgIpc) is 4.02. The summed E-state index contributed by atoms with van der Waals surface area (Å²) in [6.45, 7) is 0. The first-order valence-corrected chi connectivity index (χ1v) is 21.3. The second-order valence-corrected chi connectivity index (χ2v) is 16.1. The summed E-state index contributed by atoms with van der Waals surface area (Å²) >= 11 is 0. The van der Waals surface area contributed by atoms with Crippen molar-refractivity contribution in [1.29, 1.82) is 0 Å². The summed E-state index contributed by atoms with van der Waals surface area (Å²) < 4.78 is 26.2. The zero-order valence-corrected chi connectivity index (χ0v) is 34.2. The van der Waals surface area contributed by atoms with Crippen LogP contribution in [0.5, 0.6) is 0 Å². The highest BCUT2D eigenvalue weighted by atomic mass is 19.1. The number of aromatic nitrogens is 5. The van der Waals surface area contributed by atoms with Crippen LogP contribution in [0.15, 0.2) is 211 Å². The average molecular weight is 824 g/mol. The van der Waals surface area contributed by atoms with Crippen molar-refractivity contribution >= 4 is 65.6 Å². The summed E-state index contributed by atoms with van der Waals surface area (Å²) in [6.07, 6.45) is 0. The van der Waals surface area contributed by atoms with Crippen LogP contribution in [0, 0.1) is 5.82 Å². The quantitative estimate of drug-likeness (QED) is 0.168. The van der Waals surface area contributed by atoms with Crippen molar-refractivity contribution in [3.05, 3.63) is 212 Å². The van der Waals surface area contributed by atoms with Crippen molar-refractivity contribution in [3.8, 4) is 56.7 Å². The van der Waals surface area contributed by atoms with E-state index in [0.717, 1.165) is 99.0 Å². The topological polar surface area (TPSA) is 61.7 Å². The molecule has 0 saturated heterocycles. The SMILES string of the molecule is Fc1cccc(-c2cc(-n3c4ccccc4c4ccc5c6ccccc6n(-c6nc(-c7ccccc7)nc(-c7cccc(-c8ccccc8)c7)n6)c5c43)cc3c2oc2ccccc23)c1. The van der Waals surface area contributed by atoms with Gasteiger partial charge in [0.05, 0.1) is 22.1 Å². The van der Waals surface area contributed by atoms with Crippen LogP contribution >= 0.6 is 0 Å². The Bertz CT molecular complexity index is 3980. The molecule has 300 valence electrons. The molecule has 7 heteroatoms. The van der Waals surface area contributed by atoms with Gasteiger partial charge in [-0.15, -0.1) is 0 Å². The summed E-state index contributed by atoms with van der Waals surface area (Å²) in [5.74, 6) is 1.33. The number of furan rings is 1. The largest absolute Gasteiger partial charge is 0.455 e. The zero-order valence-electron chi connectivity index (χ0n) is 34.2. The summed E-state index contributed by atoms with van der Waals surface area (Å²) in [5, 5.41) is 6.23. The molecule has 0 amide bonds. The van der Waals surface area contributed by atoms with Gasteiger partial charge in [-0.1, -0.05) is 158 Å². The lowest BCUT2D eigenvalue weighted by Gasteiger charge is -2.14. The first kappa shape index (κ1) is 36.0. The Labute approximate surface area is 365 Å². The highest BCUT2D eigenvalue weighted by molar-refractivity contribution is 6.24. The first-order valence-electron chi connectivity index (χ1n) is 21.3. The summed E-state index contributed by atoms with van der Waals surface area (Å²) in [7, 11) is 0. The Hall–Kier alpha value is -8.68. The fraction of sp³-hybridized carbons (Fsp3) is 0. The van der Waals surface area contributed by atoms with E-state index in [0.29, 0.717) is 23.2 Å². The van der Waals surface area contributed by atoms with E-state index < -0.39 is 0 Å². The van der Waals surface area contributed by atoms with Gasteiger partial charge < -0.3 is 8.98 Å². The molecule has 13 rings (SSSR count). The predicted molar refractivity (Wildman–Crippen MR) is 257 cm³/mol. The molecule has 64 heavy (non-hydrogen) atoms. The molecule has 0 unspecified atom stereocenters. The van der Waals surface area contributed by atoms with Crippen LogP contribution < -0.4 is 0 Å². The van der Waals surface area contributed by atoms with E-state index >= 15 is 4.39 Å². The minimum Gasteiger partial charge on any atom is -0.455 e. The van der Waals surface area contributed by atoms with E-state index in [2.05, 4.69) is 137 Å². The second kappa shape index (κ2) is 14.2. The van der Waals surface area contributed by atoms with Gasteiger partial charge in [0.25, 0.3) is 0 Å². The van der Waals surface area contributed by atoms with Gasteiger partial charge in [-0.2, -0.15) is 9.97 Å². The number of halogens is 1. The maximum atomic E-state index is 15.0. The highest BCUT2D eigenvalue weighted by Crippen LogP contribution is 2.44. The van der Waals surface area contributed by atoms with Crippen LogP contribution in [0.3, 0.4) is 0 Å². The van der Waals surface area contributed by atoms with Crippen molar-refractivity contribution in [3.63, 3.8) is 0 Å². The Morgan fingerprint density at radius 1 is 0.375 bits per heavy atom. The molecule has 13 aromatic rings. The summed E-state index contributed by atoms with van der Waals surface area (Å²) in [5.41, 5.74) is 11.8. The number of hydrogen-bond acceptors (Lipinski definition) is 4. The first-order chi connectivity index (χ1) is 31.6. The van der Waals surface area contributed by atoms with E-state index in [1.165, 1.54) is 6.07 Å². The van der Waals surface area contributed by atoms with Gasteiger partial charge in [0.1, 0.15) is 17.0 Å². The van der Waals surface area contributed by atoms with Crippen LogP contribution in [0.1, 0.15) is 0 Å². The molecular weight excluding hydrogens is 790 g/mol. The molecule has 0 spiro atoms. The lowest BCUT2D eigenvalue weighted by molar-refractivity contribution is 0.628. The van der Waals surface area contributed by atoms with Crippen molar-refractivity contribution in [1.82, 2.24) is 24.1 Å². The molecule has 0 aliphatic carbocycles. The van der Waals surface area contributed by atoms with E-state index in [-0.39, 0.29) is 5.82 Å². The molecule has 4 aromatic heterocycles. The van der Waals surface area contributed by atoms with Gasteiger partial charge in [-0.3, -0.25) is 4.57 Å². The van der Waals surface area contributed by atoms with Gasteiger partial charge >= 0.3 is 0 Å². The molecule has 0 radical (unpaired) electrons. The van der Waals surface area contributed by atoms with E-state index in [1.54, 1.807) is 12.1 Å². The summed E-state index contributed by atoms with van der Waals surface area (Å²) in [4.78, 5) is 15.9. The number of hydrogen-bond donors (Lipinski definition) is 0. The maximum absolute atomic E-state index is 15.0. The molecule has 0 saturated carbocycles. The number of nitrogens with zero attached hydrogens (tertiary/aromatic N) is 5. The molecule has 0 bridgehead atoms. The van der Waals surface area contributed by atoms with Crippen LogP contribution in [-0.4, -0.2) is 24.1 Å². The van der Waals surface area contributed by atoms with Crippen LogP contribution in [0.2, 0.25) is 0 Å². The molecular formula is C57H34FN5O. The van der Waals surface area contributed by atoms with Crippen molar-refractivity contribution in [2.75, 3.05) is 0 Å². The number of rotatable bonds is 6. The fourth-order valence-electron chi connectivity index (χ4n) is 9.57. The molecule has 9 aromatic carbocycles.